The maximum Gasteiger partial charge on any atom is 0.221 e. The highest BCUT2D eigenvalue weighted by Gasteiger charge is 2.07. The van der Waals surface area contributed by atoms with Gasteiger partial charge in [0.2, 0.25) is 5.91 Å². The van der Waals surface area contributed by atoms with Crippen molar-refractivity contribution in [1.29, 1.82) is 0 Å². The van der Waals surface area contributed by atoms with Crippen molar-refractivity contribution in [2.75, 3.05) is 24.3 Å². The van der Waals surface area contributed by atoms with Crippen LogP contribution in [0.15, 0.2) is 36.4 Å². The highest BCUT2D eigenvalue weighted by atomic mass is 16.1. The molecule has 0 saturated carbocycles. The Bertz CT molecular complexity index is 561. The van der Waals surface area contributed by atoms with E-state index in [1.54, 1.807) is 0 Å². The second kappa shape index (κ2) is 4.45. The van der Waals surface area contributed by atoms with Gasteiger partial charge in [-0.3, -0.25) is 4.79 Å². The van der Waals surface area contributed by atoms with E-state index < -0.39 is 0 Å². The van der Waals surface area contributed by atoms with E-state index in [-0.39, 0.29) is 5.91 Å². The van der Waals surface area contributed by atoms with Gasteiger partial charge in [-0.15, -0.1) is 0 Å². The van der Waals surface area contributed by atoms with Crippen LogP contribution in [0, 0.1) is 0 Å². The van der Waals surface area contributed by atoms with E-state index in [4.69, 9.17) is 0 Å². The summed E-state index contributed by atoms with van der Waals surface area (Å²) in [6.07, 6.45) is 0. The highest BCUT2D eigenvalue weighted by molar-refractivity contribution is 6.06. The number of nitrogens with zero attached hydrogens (tertiary/aromatic N) is 1. The Hall–Kier alpha value is -2.03. The number of carbonyl (C=O) groups excluding carboxylic acids is 1. The molecule has 17 heavy (non-hydrogen) atoms. The molecule has 0 heterocycles. The summed E-state index contributed by atoms with van der Waals surface area (Å²) in [6, 6.07) is 12.0. The van der Waals surface area contributed by atoms with Gasteiger partial charge in [0.15, 0.2) is 0 Å². The van der Waals surface area contributed by atoms with E-state index in [0.717, 1.165) is 22.1 Å². The number of amides is 1. The molecule has 0 fully saturated rings. The predicted octanol–water partition coefficient (Wildman–Crippen LogP) is 2.86. The van der Waals surface area contributed by atoms with Gasteiger partial charge in [0.1, 0.15) is 0 Å². The summed E-state index contributed by atoms with van der Waals surface area (Å²) in [6.45, 7) is 1.52. The molecule has 88 valence electrons. The zero-order chi connectivity index (χ0) is 12.4. The molecule has 2 aromatic rings. The van der Waals surface area contributed by atoms with Crippen molar-refractivity contribution in [1.82, 2.24) is 0 Å². The number of fused-ring (bicyclic) bond motifs is 1. The third-order valence-electron chi connectivity index (χ3n) is 2.69. The van der Waals surface area contributed by atoms with Crippen LogP contribution in [0.25, 0.3) is 10.8 Å². The first-order valence-electron chi connectivity index (χ1n) is 5.56. The van der Waals surface area contributed by atoms with Crippen LogP contribution in [0.2, 0.25) is 0 Å². The topological polar surface area (TPSA) is 32.3 Å². The molecule has 0 atom stereocenters. The Labute approximate surface area is 101 Å². The number of carbonyl (C=O) groups is 1. The van der Waals surface area contributed by atoms with E-state index in [9.17, 15) is 4.79 Å². The first kappa shape index (κ1) is 11.5. The van der Waals surface area contributed by atoms with E-state index in [2.05, 4.69) is 16.3 Å². The molecule has 1 amide bonds. The van der Waals surface area contributed by atoms with Gasteiger partial charge in [0.25, 0.3) is 0 Å². The first-order chi connectivity index (χ1) is 8.09. The number of rotatable bonds is 2. The molecule has 0 aliphatic rings. The minimum absolute atomic E-state index is 0.0484. The number of anilines is 2. The van der Waals surface area contributed by atoms with Gasteiger partial charge < -0.3 is 10.2 Å². The largest absolute Gasteiger partial charge is 0.377 e. The van der Waals surface area contributed by atoms with Crippen LogP contribution in [0.4, 0.5) is 11.4 Å². The molecule has 0 spiro atoms. The van der Waals surface area contributed by atoms with Crippen molar-refractivity contribution in [3.8, 4) is 0 Å². The zero-order valence-electron chi connectivity index (χ0n) is 10.3. The fraction of sp³-hybridized carbons (Fsp3) is 0.214. The number of hydrogen-bond acceptors (Lipinski definition) is 2. The van der Waals surface area contributed by atoms with Crippen molar-refractivity contribution in [3.63, 3.8) is 0 Å². The third-order valence-corrected chi connectivity index (χ3v) is 2.69. The normalized spacial score (nSPS) is 10.3. The summed E-state index contributed by atoms with van der Waals surface area (Å²) in [5, 5.41) is 5.06. The Kier molecular flexibility index (Phi) is 3.00. The second-order valence-electron chi connectivity index (χ2n) is 4.25. The second-order valence-corrected chi connectivity index (χ2v) is 4.25. The van der Waals surface area contributed by atoms with Crippen LogP contribution in [0.1, 0.15) is 6.92 Å². The SMILES string of the molecule is CC(=O)Nc1ccc(N(C)C)c2ccccc12. The third kappa shape index (κ3) is 2.23. The highest BCUT2D eigenvalue weighted by Crippen LogP contribution is 2.31. The fourth-order valence-electron chi connectivity index (χ4n) is 1.97. The maximum atomic E-state index is 11.2. The lowest BCUT2D eigenvalue weighted by molar-refractivity contribution is -0.114. The van der Waals surface area contributed by atoms with Crippen LogP contribution < -0.4 is 10.2 Å². The smallest absolute Gasteiger partial charge is 0.221 e. The van der Waals surface area contributed by atoms with Gasteiger partial charge in [0, 0.05) is 43.2 Å². The number of nitrogens with one attached hydrogen (secondary N) is 1. The predicted molar refractivity (Wildman–Crippen MR) is 72.6 cm³/mol. The summed E-state index contributed by atoms with van der Waals surface area (Å²) in [7, 11) is 4.03. The summed E-state index contributed by atoms with van der Waals surface area (Å²) in [5.74, 6) is -0.0484. The van der Waals surface area contributed by atoms with Gasteiger partial charge in [-0.2, -0.15) is 0 Å². The Morgan fingerprint density at radius 2 is 1.71 bits per heavy atom. The molecular weight excluding hydrogens is 212 g/mol. The lowest BCUT2D eigenvalue weighted by Crippen LogP contribution is -2.10. The lowest BCUT2D eigenvalue weighted by Gasteiger charge is -2.17. The van der Waals surface area contributed by atoms with Gasteiger partial charge in [0.05, 0.1) is 0 Å². The minimum Gasteiger partial charge on any atom is -0.377 e. The molecule has 0 saturated heterocycles. The summed E-state index contributed by atoms with van der Waals surface area (Å²) < 4.78 is 0. The molecule has 2 rings (SSSR count). The van der Waals surface area contributed by atoms with Crippen molar-refractivity contribution in [2.24, 2.45) is 0 Å². The van der Waals surface area contributed by atoms with Crippen LogP contribution >= 0.6 is 0 Å². The van der Waals surface area contributed by atoms with E-state index in [1.807, 2.05) is 44.4 Å². The molecule has 0 radical (unpaired) electrons. The van der Waals surface area contributed by atoms with Crippen molar-refractivity contribution in [2.45, 2.75) is 6.92 Å². The van der Waals surface area contributed by atoms with E-state index in [0.29, 0.717) is 0 Å². The van der Waals surface area contributed by atoms with Crippen LogP contribution in [0.5, 0.6) is 0 Å². The molecule has 0 aliphatic heterocycles. The molecule has 1 N–H and O–H groups in total. The van der Waals surface area contributed by atoms with Gasteiger partial charge in [-0.25, -0.2) is 0 Å². The van der Waals surface area contributed by atoms with Crippen LogP contribution in [0.3, 0.4) is 0 Å². The number of hydrogen-bond donors (Lipinski definition) is 1. The molecule has 0 aromatic heterocycles. The molecule has 2 aromatic carbocycles. The average molecular weight is 228 g/mol. The summed E-state index contributed by atoms with van der Waals surface area (Å²) >= 11 is 0. The maximum absolute atomic E-state index is 11.2. The fourth-order valence-corrected chi connectivity index (χ4v) is 1.97. The molecule has 0 bridgehead atoms. The Morgan fingerprint density at radius 3 is 2.29 bits per heavy atom. The van der Waals surface area contributed by atoms with Crippen molar-refractivity contribution < 1.29 is 4.79 Å². The molecule has 3 heteroatoms. The lowest BCUT2D eigenvalue weighted by atomic mass is 10.1. The molecule has 0 unspecified atom stereocenters. The minimum atomic E-state index is -0.0484. The number of benzene rings is 2. The van der Waals surface area contributed by atoms with Gasteiger partial charge >= 0.3 is 0 Å². The zero-order valence-corrected chi connectivity index (χ0v) is 10.3. The van der Waals surface area contributed by atoms with E-state index >= 15 is 0 Å². The molecule has 0 aliphatic carbocycles. The monoisotopic (exact) mass is 228 g/mol. The van der Waals surface area contributed by atoms with Gasteiger partial charge in [-0.05, 0) is 12.1 Å². The standard InChI is InChI=1S/C14H16N2O/c1-10(17)15-13-8-9-14(16(2)3)12-7-5-4-6-11(12)13/h4-9H,1-3H3,(H,15,17). The van der Waals surface area contributed by atoms with Crippen LogP contribution in [-0.4, -0.2) is 20.0 Å². The molecule has 3 nitrogen and oxygen atoms in total. The van der Waals surface area contributed by atoms with Gasteiger partial charge in [-0.1, -0.05) is 24.3 Å². The molecular formula is C14H16N2O. The van der Waals surface area contributed by atoms with Crippen molar-refractivity contribution >= 4 is 28.1 Å². The first-order valence-corrected chi connectivity index (χ1v) is 5.56. The van der Waals surface area contributed by atoms with E-state index in [1.165, 1.54) is 6.92 Å². The van der Waals surface area contributed by atoms with Crippen LogP contribution in [-0.2, 0) is 4.79 Å². The quantitative estimate of drug-likeness (QED) is 0.857. The average Bonchev–Trinajstić information content (AvgIpc) is 2.28. The Balaban J connectivity index is 2.66. The Morgan fingerprint density at radius 1 is 1.06 bits per heavy atom. The summed E-state index contributed by atoms with van der Waals surface area (Å²) in [5.41, 5.74) is 2.01. The summed E-state index contributed by atoms with van der Waals surface area (Å²) in [4.78, 5) is 13.2. The van der Waals surface area contributed by atoms with Crippen molar-refractivity contribution in [3.05, 3.63) is 36.4 Å².